The average molecular weight is 214 g/mol. The molecule has 0 radical (unpaired) electrons. The number of ether oxygens (including phenoxy) is 1. The molecule has 0 saturated carbocycles. The third-order valence-electron chi connectivity index (χ3n) is 1.82. The number of rotatable bonds is 3. The summed E-state index contributed by atoms with van der Waals surface area (Å²) in [6.07, 6.45) is 1.85. The van der Waals surface area contributed by atoms with Crippen molar-refractivity contribution >= 4 is 17.7 Å². The molecule has 0 atom stereocenters. The molecule has 1 rings (SSSR count). The summed E-state index contributed by atoms with van der Waals surface area (Å²) in [5, 5.41) is 0. The zero-order chi connectivity index (χ0) is 10.6. The van der Waals surface area contributed by atoms with Crippen LogP contribution in [-0.2, 0) is 16.0 Å². The second-order valence-electron chi connectivity index (χ2n) is 2.71. The van der Waals surface area contributed by atoms with Crippen LogP contribution < -0.4 is 0 Å². The van der Waals surface area contributed by atoms with Gasteiger partial charge in [-0.15, -0.1) is 11.8 Å². The van der Waals surface area contributed by atoms with Gasteiger partial charge in [0.2, 0.25) is 0 Å². The molecular formula is C10H11FO2S. The lowest BCUT2D eigenvalue weighted by Crippen LogP contribution is -2.06. The van der Waals surface area contributed by atoms with Gasteiger partial charge in [0.05, 0.1) is 13.5 Å². The van der Waals surface area contributed by atoms with Crippen LogP contribution in [-0.4, -0.2) is 19.3 Å². The largest absolute Gasteiger partial charge is 0.469 e. The van der Waals surface area contributed by atoms with Gasteiger partial charge in [-0.25, -0.2) is 4.39 Å². The number of benzene rings is 1. The van der Waals surface area contributed by atoms with Gasteiger partial charge in [-0.2, -0.15) is 0 Å². The van der Waals surface area contributed by atoms with E-state index in [0.717, 1.165) is 4.90 Å². The molecule has 0 spiro atoms. The highest BCUT2D eigenvalue weighted by Gasteiger charge is 2.08. The SMILES string of the molecule is COC(=O)Cc1ccc(SC)cc1F. The van der Waals surface area contributed by atoms with Gasteiger partial charge in [-0.3, -0.25) is 4.79 Å². The molecule has 1 aromatic carbocycles. The highest BCUT2D eigenvalue weighted by Crippen LogP contribution is 2.18. The van der Waals surface area contributed by atoms with E-state index in [1.165, 1.54) is 24.9 Å². The van der Waals surface area contributed by atoms with Gasteiger partial charge in [0.15, 0.2) is 0 Å². The molecule has 0 aromatic heterocycles. The van der Waals surface area contributed by atoms with E-state index in [1.807, 2.05) is 6.26 Å². The van der Waals surface area contributed by atoms with Crippen molar-refractivity contribution in [3.63, 3.8) is 0 Å². The van der Waals surface area contributed by atoms with Crippen LogP contribution in [0.1, 0.15) is 5.56 Å². The first kappa shape index (κ1) is 11.0. The normalized spacial score (nSPS) is 9.93. The predicted octanol–water partition coefficient (Wildman–Crippen LogP) is 2.26. The van der Waals surface area contributed by atoms with Crippen LogP contribution >= 0.6 is 11.8 Å². The Kier molecular flexibility index (Phi) is 3.95. The first-order valence-corrected chi connectivity index (χ1v) is 5.29. The van der Waals surface area contributed by atoms with E-state index in [4.69, 9.17) is 0 Å². The Hall–Kier alpha value is -1.03. The van der Waals surface area contributed by atoms with Crippen LogP contribution in [0.25, 0.3) is 0 Å². The van der Waals surface area contributed by atoms with Crippen molar-refractivity contribution in [2.45, 2.75) is 11.3 Å². The monoisotopic (exact) mass is 214 g/mol. The summed E-state index contributed by atoms with van der Waals surface area (Å²) in [6, 6.07) is 4.81. The number of thioether (sulfide) groups is 1. The van der Waals surface area contributed by atoms with Gasteiger partial charge >= 0.3 is 5.97 Å². The third kappa shape index (κ3) is 2.73. The predicted molar refractivity (Wildman–Crippen MR) is 53.9 cm³/mol. The van der Waals surface area contributed by atoms with Gasteiger partial charge in [-0.05, 0) is 24.0 Å². The maximum atomic E-state index is 13.3. The Balaban J connectivity index is 2.83. The summed E-state index contributed by atoms with van der Waals surface area (Å²) in [5.74, 6) is -0.789. The van der Waals surface area contributed by atoms with Crippen molar-refractivity contribution in [2.24, 2.45) is 0 Å². The molecule has 1 aromatic rings. The van der Waals surface area contributed by atoms with E-state index < -0.39 is 5.97 Å². The standard InChI is InChI=1S/C10H11FO2S/c1-13-10(12)5-7-3-4-8(14-2)6-9(7)11/h3-4,6H,5H2,1-2H3. The molecule has 0 heterocycles. The molecule has 0 aliphatic heterocycles. The molecule has 0 aliphatic carbocycles. The molecule has 0 amide bonds. The maximum absolute atomic E-state index is 13.3. The highest BCUT2D eigenvalue weighted by atomic mass is 32.2. The van der Waals surface area contributed by atoms with Crippen molar-refractivity contribution in [1.82, 2.24) is 0 Å². The third-order valence-corrected chi connectivity index (χ3v) is 2.55. The van der Waals surface area contributed by atoms with Crippen molar-refractivity contribution in [3.8, 4) is 0 Å². The van der Waals surface area contributed by atoms with Crippen molar-refractivity contribution in [3.05, 3.63) is 29.6 Å². The fourth-order valence-corrected chi connectivity index (χ4v) is 1.45. The smallest absolute Gasteiger partial charge is 0.310 e. The first-order valence-electron chi connectivity index (χ1n) is 4.06. The number of carbonyl (C=O) groups is 1. The van der Waals surface area contributed by atoms with Gasteiger partial charge in [-0.1, -0.05) is 6.07 Å². The summed E-state index contributed by atoms with van der Waals surface area (Å²) >= 11 is 1.46. The summed E-state index contributed by atoms with van der Waals surface area (Å²) in [5.41, 5.74) is 0.370. The van der Waals surface area contributed by atoms with Gasteiger partial charge in [0.1, 0.15) is 5.82 Å². The van der Waals surface area contributed by atoms with E-state index in [1.54, 1.807) is 12.1 Å². The summed E-state index contributed by atoms with van der Waals surface area (Å²) in [6.45, 7) is 0. The minimum atomic E-state index is -0.430. The summed E-state index contributed by atoms with van der Waals surface area (Å²) in [4.78, 5) is 11.7. The minimum Gasteiger partial charge on any atom is -0.469 e. The molecule has 4 heteroatoms. The average Bonchev–Trinajstić information content (AvgIpc) is 2.20. The number of methoxy groups -OCH3 is 1. The van der Waals surface area contributed by atoms with Crippen molar-refractivity contribution < 1.29 is 13.9 Å². The molecule has 76 valence electrons. The molecule has 14 heavy (non-hydrogen) atoms. The van der Waals surface area contributed by atoms with Crippen LogP contribution in [0.2, 0.25) is 0 Å². The molecule has 0 unspecified atom stereocenters. The lowest BCUT2D eigenvalue weighted by molar-refractivity contribution is -0.139. The number of hydrogen-bond acceptors (Lipinski definition) is 3. The van der Waals surface area contributed by atoms with E-state index in [-0.39, 0.29) is 12.2 Å². The fraction of sp³-hybridized carbons (Fsp3) is 0.300. The molecule has 0 N–H and O–H groups in total. The topological polar surface area (TPSA) is 26.3 Å². The number of halogens is 1. The van der Waals surface area contributed by atoms with E-state index in [2.05, 4.69) is 4.74 Å². The molecule has 2 nitrogen and oxygen atoms in total. The minimum absolute atomic E-state index is 0.0169. The molecule has 0 saturated heterocycles. The Morgan fingerprint density at radius 1 is 1.57 bits per heavy atom. The lowest BCUT2D eigenvalue weighted by Gasteiger charge is -2.03. The first-order chi connectivity index (χ1) is 6.67. The Morgan fingerprint density at radius 2 is 2.29 bits per heavy atom. The molecule has 0 fully saturated rings. The van der Waals surface area contributed by atoms with Gasteiger partial charge in [0, 0.05) is 4.90 Å². The second kappa shape index (κ2) is 5.00. The van der Waals surface area contributed by atoms with Crippen LogP contribution in [0.3, 0.4) is 0 Å². The van der Waals surface area contributed by atoms with E-state index in [0.29, 0.717) is 5.56 Å². The molecule has 0 aliphatic rings. The van der Waals surface area contributed by atoms with Crippen LogP contribution in [0.15, 0.2) is 23.1 Å². The van der Waals surface area contributed by atoms with Crippen LogP contribution in [0.4, 0.5) is 4.39 Å². The Labute approximate surface area is 86.5 Å². The van der Waals surface area contributed by atoms with Gasteiger partial charge in [0.25, 0.3) is 0 Å². The Bertz CT molecular complexity index is 339. The van der Waals surface area contributed by atoms with E-state index in [9.17, 15) is 9.18 Å². The van der Waals surface area contributed by atoms with Crippen molar-refractivity contribution in [2.75, 3.05) is 13.4 Å². The van der Waals surface area contributed by atoms with Gasteiger partial charge < -0.3 is 4.74 Å². The quantitative estimate of drug-likeness (QED) is 0.570. The van der Waals surface area contributed by atoms with Crippen LogP contribution in [0.5, 0.6) is 0 Å². The highest BCUT2D eigenvalue weighted by molar-refractivity contribution is 7.98. The maximum Gasteiger partial charge on any atom is 0.310 e. The summed E-state index contributed by atoms with van der Waals surface area (Å²) in [7, 11) is 1.29. The second-order valence-corrected chi connectivity index (χ2v) is 3.59. The Morgan fingerprint density at radius 3 is 2.79 bits per heavy atom. The zero-order valence-corrected chi connectivity index (χ0v) is 8.86. The summed E-state index contributed by atoms with van der Waals surface area (Å²) < 4.78 is 17.8. The molecule has 0 bridgehead atoms. The number of hydrogen-bond donors (Lipinski definition) is 0. The van der Waals surface area contributed by atoms with E-state index >= 15 is 0 Å². The lowest BCUT2D eigenvalue weighted by atomic mass is 10.1. The number of esters is 1. The van der Waals surface area contributed by atoms with Crippen molar-refractivity contribution in [1.29, 1.82) is 0 Å². The van der Waals surface area contributed by atoms with Crippen LogP contribution in [0, 0.1) is 5.82 Å². The zero-order valence-electron chi connectivity index (χ0n) is 8.04. The molecular weight excluding hydrogens is 203 g/mol. The fourth-order valence-electron chi connectivity index (χ4n) is 1.03. The number of carbonyl (C=O) groups excluding carboxylic acids is 1.